The lowest BCUT2D eigenvalue weighted by Gasteiger charge is -2.22. The molecule has 1 fully saturated rings. The van der Waals surface area contributed by atoms with Crippen molar-refractivity contribution in [3.05, 3.63) is 34.4 Å². The molecular weight excluding hydrogens is 212 g/mol. The van der Waals surface area contributed by atoms with Crippen molar-refractivity contribution in [3.63, 3.8) is 0 Å². The Balaban J connectivity index is 2.26. The molecule has 2 nitrogen and oxygen atoms in total. The molecule has 0 saturated carbocycles. The fourth-order valence-corrected chi connectivity index (χ4v) is 2.41. The van der Waals surface area contributed by atoms with Crippen LogP contribution in [0, 0.1) is 26.7 Å². The predicted molar refractivity (Wildman–Crippen MR) is 68.5 cm³/mol. The minimum absolute atomic E-state index is 0.157. The van der Waals surface area contributed by atoms with Crippen molar-refractivity contribution in [1.82, 2.24) is 0 Å². The van der Waals surface area contributed by atoms with Gasteiger partial charge in [0.15, 0.2) is 5.78 Å². The van der Waals surface area contributed by atoms with Gasteiger partial charge in [0.1, 0.15) is 0 Å². The summed E-state index contributed by atoms with van der Waals surface area (Å²) in [6.45, 7) is 7.63. The molecule has 1 aromatic carbocycles. The van der Waals surface area contributed by atoms with Gasteiger partial charge in [-0.25, -0.2) is 0 Å². The normalized spacial score (nSPS) is 17.1. The predicted octanol–water partition coefficient (Wildman–Crippen LogP) is 3.22. The highest BCUT2D eigenvalue weighted by Gasteiger charge is 2.24. The second kappa shape index (κ2) is 5.01. The average Bonchev–Trinajstić information content (AvgIpc) is 2.34. The molecule has 0 atom stereocenters. The molecule has 0 unspecified atom stereocenters. The number of carbonyl (C=O) groups excluding carboxylic acids is 1. The third kappa shape index (κ3) is 2.58. The standard InChI is InChI=1S/C15H20O2/c1-10-8-12(3)14(9-11(10)2)15(16)13-4-6-17-7-5-13/h8-9,13H,4-7H2,1-3H3. The molecule has 0 amide bonds. The first-order valence-corrected chi connectivity index (χ1v) is 6.29. The van der Waals surface area contributed by atoms with Gasteiger partial charge in [-0.15, -0.1) is 0 Å². The number of ketones is 1. The van der Waals surface area contributed by atoms with Gasteiger partial charge >= 0.3 is 0 Å². The van der Waals surface area contributed by atoms with Crippen LogP contribution in [-0.2, 0) is 4.74 Å². The number of rotatable bonds is 2. The Morgan fingerprint density at radius 2 is 1.65 bits per heavy atom. The van der Waals surface area contributed by atoms with Crippen LogP contribution in [0.2, 0.25) is 0 Å². The maximum atomic E-state index is 12.4. The van der Waals surface area contributed by atoms with E-state index < -0.39 is 0 Å². The van der Waals surface area contributed by atoms with Gasteiger partial charge in [0.25, 0.3) is 0 Å². The Hall–Kier alpha value is -1.15. The number of ether oxygens (including phenoxy) is 1. The smallest absolute Gasteiger partial charge is 0.166 e. The van der Waals surface area contributed by atoms with E-state index in [-0.39, 0.29) is 5.92 Å². The molecule has 92 valence electrons. The molecule has 2 heteroatoms. The van der Waals surface area contributed by atoms with Crippen LogP contribution in [0.25, 0.3) is 0 Å². The van der Waals surface area contributed by atoms with Crippen LogP contribution in [0.4, 0.5) is 0 Å². The van der Waals surface area contributed by atoms with E-state index in [1.165, 1.54) is 11.1 Å². The van der Waals surface area contributed by atoms with Crippen LogP contribution >= 0.6 is 0 Å². The zero-order chi connectivity index (χ0) is 12.4. The van der Waals surface area contributed by atoms with E-state index in [1.54, 1.807) is 0 Å². The van der Waals surface area contributed by atoms with Crippen molar-refractivity contribution in [2.75, 3.05) is 13.2 Å². The van der Waals surface area contributed by atoms with Gasteiger partial charge in [0.2, 0.25) is 0 Å². The van der Waals surface area contributed by atoms with Crippen molar-refractivity contribution >= 4 is 5.78 Å². The van der Waals surface area contributed by atoms with E-state index in [2.05, 4.69) is 19.9 Å². The zero-order valence-corrected chi connectivity index (χ0v) is 10.9. The third-order valence-electron chi connectivity index (χ3n) is 3.70. The van der Waals surface area contributed by atoms with Gasteiger partial charge in [-0.2, -0.15) is 0 Å². The second-order valence-corrected chi connectivity index (χ2v) is 5.00. The van der Waals surface area contributed by atoms with Gasteiger partial charge in [0.05, 0.1) is 0 Å². The first-order chi connectivity index (χ1) is 8.09. The van der Waals surface area contributed by atoms with E-state index in [0.717, 1.165) is 37.2 Å². The van der Waals surface area contributed by atoms with Crippen LogP contribution in [0.3, 0.4) is 0 Å². The molecule has 0 aliphatic carbocycles. The molecule has 0 radical (unpaired) electrons. The highest BCUT2D eigenvalue weighted by atomic mass is 16.5. The minimum atomic E-state index is 0.157. The summed E-state index contributed by atoms with van der Waals surface area (Å²) < 4.78 is 5.31. The molecule has 1 heterocycles. The maximum Gasteiger partial charge on any atom is 0.166 e. The Morgan fingerprint density at radius 1 is 1.06 bits per heavy atom. The van der Waals surface area contributed by atoms with Gasteiger partial charge in [0, 0.05) is 24.7 Å². The van der Waals surface area contributed by atoms with Crippen molar-refractivity contribution in [3.8, 4) is 0 Å². The Bertz CT molecular complexity index is 429. The van der Waals surface area contributed by atoms with E-state index in [4.69, 9.17) is 4.74 Å². The van der Waals surface area contributed by atoms with Crippen molar-refractivity contribution in [1.29, 1.82) is 0 Å². The highest BCUT2D eigenvalue weighted by molar-refractivity contribution is 5.99. The van der Waals surface area contributed by atoms with E-state index >= 15 is 0 Å². The van der Waals surface area contributed by atoms with Gasteiger partial charge in [-0.3, -0.25) is 4.79 Å². The first kappa shape index (κ1) is 12.3. The maximum absolute atomic E-state index is 12.4. The molecule has 0 bridgehead atoms. The van der Waals surface area contributed by atoms with Crippen LogP contribution in [-0.4, -0.2) is 19.0 Å². The monoisotopic (exact) mass is 232 g/mol. The summed E-state index contributed by atoms with van der Waals surface area (Å²) in [5.74, 6) is 0.457. The lowest BCUT2D eigenvalue weighted by Crippen LogP contribution is -2.24. The number of hydrogen-bond donors (Lipinski definition) is 0. The molecule has 1 aliphatic heterocycles. The van der Waals surface area contributed by atoms with E-state index in [9.17, 15) is 4.79 Å². The molecule has 17 heavy (non-hydrogen) atoms. The number of Topliss-reactive ketones (excluding diaryl/α,β-unsaturated/α-hetero) is 1. The van der Waals surface area contributed by atoms with Crippen LogP contribution in [0.5, 0.6) is 0 Å². The quantitative estimate of drug-likeness (QED) is 0.732. The zero-order valence-electron chi connectivity index (χ0n) is 10.9. The number of hydrogen-bond acceptors (Lipinski definition) is 2. The van der Waals surface area contributed by atoms with E-state index in [0.29, 0.717) is 5.78 Å². The molecule has 2 rings (SSSR count). The summed E-state index contributed by atoms with van der Waals surface area (Å²) in [7, 11) is 0. The molecule has 0 N–H and O–H groups in total. The summed E-state index contributed by atoms with van der Waals surface area (Å²) in [4.78, 5) is 12.4. The Morgan fingerprint density at radius 3 is 2.29 bits per heavy atom. The second-order valence-electron chi connectivity index (χ2n) is 5.00. The Kier molecular flexibility index (Phi) is 3.63. The molecule has 0 aromatic heterocycles. The average molecular weight is 232 g/mol. The largest absolute Gasteiger partial charge is 0.381 e. The number of aryl methyl sites for hydroxylation is 3. The molecular formula is C15H20O2. The van der Waals surface area contributed by atoms with Crippen molar-refractivity contribution in [2.45, 2.75) is 33.6 Å². The minimum Gasteiger partial charge on any atom is -0.381 e. The van der Waals surface area contributed by atoms with Gasteiger partial charge in [-0.05, 0) is 56.4 Å². The van der Waals surface area contributed by atoms with E-state index in [1.807, 2.05) is 13.0 Å². The van der Waals surface area contributed by atoms with Gasteiger partial charge < -0.3 is 4.74 Å². The molecule has 1 saturated heterocycles. The number of benzene rings is 1. The summed E-state index contributed by atoms with van der Waals surface area (Å²) in [6.07, 6.45) is 1.73. The lowest BCUT2D eigenvalue weighted by atomic mass is 9.87. The van der Waals surface area contributed by atoms with Crippen LogP contribution in [0.15, 0.2) is 12.1 Å². The van der Waals surface area contributed by atoms with Crippen LogP contribution < -0.4 is 0 Å². The summed E-state index contributed by atoms with van der Waals surface area (Å²) >= 11 is 0. The first-order valence-electron chi connectivity index (χ1n) is 6.29. The Labute approximate surface area is 103 Å². The molecule has 0 spiro atoms. The summed E-state index contributed by atoms with van der Waals surface area (Å²) in [6, 6.07) is 4.16. The topological polar surface area (TPSA) is 26.3 Å². The fourth-order valence-electron chi connectivity index (χ4n) is 2.41. The lowest BCUT2D eigenvalue weighted by molar-refractivity contribution is 0.0544. The molecule has 1 aromatic rings. The van der Waals surface area contributed by atoms with Crippen LogP contribution in [0.1, 0.15) is 39.9 Å². The van der Waals surface area contributed by atoms with Gasteiger partial charge in [-0.1, -0.05) is 6.07 Å². The highest BCUT2D eigenvalue weighted by Crippen LogP contribution is 2.24. The number of carbonyl (C=O) groups is 1. The molecule has 1 aliphatic rings. The van der Waals surface area contributed by atoms with Crippen molar-refractivity contribution in [2.24, 2.45) is 5.92 Å². The fraction of sp³-hybridized carbons (Fsp3) is 0.533. The van der Waals surface area contributed by atoms with Crippen molar-refractivity contribution < 1.29 is 9.53 Å². The SMILES string of the molecule is Cc1cc(C)c(C(=O)C2CCOCC2)cc1C. The summed E-state index contributed by atoms with van der Waals surface area (Å²) in [5.41, 5.74) is 4.46. The third-order valence-corrected chi connectivity index (χ3v) is 3.70. The summed E-state index contributed by atoms with van der Waals surface area (Å²) in [5, 5.41) is 0.